The molecule has 4 aromatic rings. The summed E-state index contributed by atoms with van der Waals surface area (Å²) in [7, 11) is 0. The van der Waals surface area contributed by atoms with Crippen LogP contribution in [0.15, 0.2) is 78.9 Å². The van der Waals surface area contributed by atoms with Crippen LogP contribution in [0.25, 0.3) is 21.9 Å². The third-order valence-electron chi connectivity index (χ3n) is 5.97. The van der Waals surface area contributed by atoms with Crippen molar-refractivity contribution in [3.63, 3.8) is 0 Å². The quantitative estimate of drug-likeness (QED) is 0.200. The molecule has 0 aromatic heterocycles. The fraction of sp³-hybridized carbons (Fsp3) is 0.226. The molecule has 0 atom stereocenters. The summed E-state index contributed by atoms with van der Waals surface area (Å²) >= 11 is 0. The van der Waals surface area contributed by atoms with Crippen LogP contribution in [-0.2, 0) is 6.42 Å². The fourth-order valence-corrected chi connectivity index (χ4v) is 4.01. The van der Waals surface area contributed by atoms with Crippen LogP contribution < -0.4 is 0 Å². The second-order valence-electron chi connectivity index (χ2n) is 8.52. The average molecular weight is 439 g/mol. The molecule has 0 saturated carbocycles. The Morgan fingerprint density at radius 2 is 1.15 bits per heavy atom. The van der Waals surface area contributed by atoms with Gasteiger partial charge in [-0.05, 0) is 76.7 Å². The Balaban J connectivity index is 1.40. The van der Waals surface area contributed by atoms with Crippen molar-refractivity contribution in [1.29, 1.82) is 0 Å². The molecule has 0 aliphatic rings. The molecule has 0 nitrogen and oxygen atoms in total. The van der Waals surface area contributed by atoms with Crippen LogP contribution in [0, 0.1) is 23.5 Å². The maximum absolute atomic E-state index is 13.5. The van der Waals surface area contributed by atoms with E-state index in [1.807, 2.05) is 18.2 Å². The van der Waals surface area contributed by atoms with Gasteiger partial charge in [0.1, 0.15) is 0 Å². The van der Waals surface area contributed by atoms with Crippen LogP contribution in [0.4, 0.5) is 8.78 Å². The first-order chi connectivity index (χ1) is 16.1. The van der Waals surface area contributed by atoms with Gasteiger partial charge < -0.3 is 0 Å². The molecule has 0 heterocycles. The summed E-state index contributed by atoms with van der Waals surface area (Å²) in [5.74, 6) is 4.60. The summed E-state index contributed by atoms with van der Waals surface area (Å²) in [5.41, 5.74) is 5.44. The van der Waals surface area contributed by atoms with Crippen molar-refractivity contribution in [1.82, 2.24) is 0 Å². The standard InChI is InChI=1S/C31H28F2/c1-2-3-4-5-6-7-23-10-15-26(16-11-23)27-17-12-24(13-18-27)8-9-25-14-19-28-21-30(32)31(33)22-29(28)20-25/h10-22H,2-7H2,1H3. The van der Waals surface area contributed by atoms with Gasteiger partial charge in [0, 0.05) is 11.1 Å². The predicted octanol–water partition coefficient (Wildman–Crippen LogP) is 8.70. The maximum atomic E-state index is 13.5. The number of fused-ring (bicyclic) bond motifs is 1. The first-order valence-electron chi connectivity index (χ1n) is 11.7. The summed E-state index contributed by atoms with van der Waals surface area (Å²) in [6.07, 6.45) is 7.68. The average Bonchev–Trinajstić information content (AvgIpc) is 2.84. The highest BCUT2D eigenvalue weighted by atomic mass is 19.2. The lowest BCUT2D eigenvalue weighted by molar-refractivity contribution is 0.511. The number of hydrogen-bond acceptors (Lipinski definition) is 0. The SMILES string of the molecule is CCCCCCCc1ccc(-c2ccc(C#Cc3ccc4cc(F)c(F)cc4c3)cc2)cc1. The number of aryl methyl sites for hydroxylation is 1. The number of rotatable bonds is 7. The number of halogens is 2. The highest BCUT2D eigenvalue weighted by molar-refractivity contribution is 5.84. The van der Waals surface area contributed by atoms with Crippen molar-refractivity contribution in [3.8, 4) is 23.0 Å². The molecular formula is C31H28F2. The number of hydrogen-bond donors (Lipinski definition) is 0. The monoisotopic (exact) mass is 438 g/mol. The number of benzene rings is 4. The Morgan fingerprint density at radius 1 is 0.576 bits per heavy atom. The first kappa shape index (κ1) is 22.7. The van der Waals surface area contributed by atoms with Gasteiger partial charge in [0.2, 0.25) is 0 Å². The zero-order valence-electron chi connectivity index (χ0n) is 19.0. The summed E-state index contributed by atoms with van der Waals surface area (Å²) in [6.45, 7) is 2.25. The molecule has 0 radical (unpaired) electrons. The van der Waals surface area contributed by atoms with Gasteiger partial charge in [0.05, 0.1) is 0 Å². The van der Waals surface area contributed by atoms with Gasteiger partial charge in [-0.2, -0.15) is 0 Å². The van der Waals surface area contributed by atoms with E-state index in [-0.39, 0.29) is 0 Å². The first-order valence-corrected chi connectivity index (χ1v) is 11.7. The van der Waals surface area contributed by atoms with E-state index in [4.69, 9.17) is 0 Å². The van der Waals surface area contributed by atoms with Crippen LogP contribution >= 0.6 is 0 Å². The van der Waals surface area contributed by atoms with E-state index in [9.17, 15) is 8.78 Å². The normalized spacial score (nSPS) is 10.8. The third kappa shape index (κ3) is 6.08. The van der Waals surface area contributed by atoms with Crippen molar-refractivity contribution in [2.45, 2.75) is 45.4 Å². The minimum atomic E-state index is -0.844. The molecule has 0 fully saturated rings. The molecule has 2 heteroatoms. The smallest absolute Gasteiger partial charge is 0.159 e. The summed E-state index contributed by atoms with van der Waals surface area (Å²) in [6, 6.07) is 24.8. The van der Waals surface area contributed by atoms with Gasteiger partial charge in [0.15, 0.2) is 11.6 Å². The minimum Gasteiger partial charge on any atom is -0.204 e. The van der Waals surface area contributed by atoms with Crippen LogP contribution in [0.3, 0.4) is 0 Å². The molecule has 0 spiro atoms. The zero-order chi connectivity index (χ0) is 23.0. The highest BCUT2D eigenvalue weighted by Crippen LogP contribution is 2.22. The molecule has 0 N–H and O–H groups in total. The molecule has 33 heavy (non-hydrogen) atoms. The van der Waals surface area contributed by atoms with E-state index < -0.39 is 11.6 Å². The predicted molar refractivity (Wildman–Crippen MR) is 134 cm³/mol. The van der Waals surface area contributed by atoms with Gasteiger partial charge >= 0.3 is 0 Å². The van der Waals surface area contributed by atoms with E-state index in [1.54, 1.807) is 12.1 Å². The summed E-state index contributed by atoms with van der Waals surface area (Å²) in [4.78, 5) is 0. The van der Waals surface area contributed by atoms with Crippen LogP contribution in [0.2, 0.25) is 0 Å². The van der Waals surface area contributed by atoms with Gasteiger partial charge in [-0.3, -0.25) is 0 Å². The topological polar surface area (TPSA) is 0 Å². The van der Waals surface area contributed by atoms with Crippen LogP contribution in [0.5, 0.6) is 0 Å². The van der Waals surface area contributed by atoms with E-state index in [0.29, 0.717) is 10.8 Å². The van der Waals surface area contributed by atoms with Gasteiger partial charge in [0.25, 0.3) is 0 Å². The molecule has 0 aliphatic heterocycles. The fourth-order valence-electron chi connectivity index (χ4n) is 4.01. The van der Waals surface area contributed by atoms with E-state index in [0.717, 1.165) is 17.5 Å². The zero-order valence-corrected chi connectivity index (χ0v) is 19.0. The second-order valence-corrected chi connectivity index (χ2v) is 8.52. The van der Waals surface area contributed by atoms with Gasteiger partial charge in [-0.15, -0.1) is 0 Å². The Hall–Kier alpha value is -3.44. The van der Waals surface area contributed by atoms with Crippen molar-refractivity contribution >= 4 is 10.8 Å². The molecule has 4 rings (SSSR count). The van der Waals surface area contributed by atoms with Crippen molar-refractivity contribution in [2.75, 3.05) is 0 Å². The Labute approximate surface area is 195 Å². The van der Waals surface area contributed by atoms with Crippen LogP contribution in [-0.4, -0.2) is 0 Å². The van der Waals surface area contributed by atoms with E-state index >= 15 is 0 Å². The summed E-state index contributed by atoms with van der Waals surface area (Å²) in [5, 5.41) is 1.30. The minimum absolute atomic E-state index is 0.639. The largest absolute Gasteiger partial charge is 0.204 e. The molecule has 0 unspecified atom stereocenters. The second kappa shape index (κ2) is 10.9. The Bertz CT molecular complexity index is 1270. The molecule has 4 aromatic carbocycles. The lowest BCUT2D eigenvalue weighted by atomic mass is 10.00. The Morgan fingerprint density at radius 3 is 1.85 bits per heavy atom. The number of unbranched alkanes of at least 4 members (excludes halogenated alkanes) is 4. The van der Waals surface area contributed by atoms with E-state index in [1.165, 1.54) is 60.9 Å². The maximum Gasteiger partial charge on any atom is 0.159 e. The van der Waals surface area contributed by atoms with E-state index in [2.05, 4.69) is 55.2 Å². The molecule has 0 amide bonds. The molecule has 0 aliphatic carbocycles. The van der Waals surface area contributed by atoms with Crippen LogP contribution in [0.1, 0.15) is 55.7 Å². The molecule has 0 bridgehead atoms. The Kier molecular flexibility index (Phi) is 7.53. The highest BCUT2D eigenvalue weighted by Gasteiger charge is 2.04. The lowest BCUT2D eigenvalue weighted by Crippen LogP contribution is -1.87. The third-order valence-corrected chi connectivity index (χ3v) is 5.97. The van der Waals surface area contributed by atoms with Crippen molar-refractivity contribution in [2.24, 2.45) is 0 Å². The lowest BCUT2D eigenvalue weighted by Gasteiger charge is -2.05. The summed E-state index contributed by atoms with van der Waals surface area (Å²) < 4.78 is 26.9. The van der Waals surface area contributed by atoms with Crippen molar-refractivity contribution in [3.05, 3.63) is 107 Å². The molecular weight excluding hydrogens is 410 g/mol. The van der Waals surface area contributed by atoms with Gasteiger partial charge in [-0.25, -0.2) is 8.78 Å². The molecule has 0 saturated heterocycles. The van der Waals surface area contributed by atoms with Gasteiger partial charge in [-0.1, -0.05) is 86.9 Å². The molecule has 166 valence electrons. The van der Waals surface area contributed by atoms with Crippen molar-refractivity contribution < 1.29 is 8.78 Å².